The summed E-state index contributed by atoms with van der Waals surface area (Å²) in [6, 6.07) is 8.26. The third-order valence-corrected chi connectivity index (χ3v) is 3.46. The van der Waals surface area contributed by atoms with Gasteiger partial charge in [0.25, 0.3) is 0 Å². The number of likely N-dealkylation sites (N-methyl/N-ethyl adjacent to an activating group) is 1. The Morgan fingerprint density at radius 3 is 2.63 bits per heavy atom. The van der Waals surface area contributed by atoms with Gasteiger partial charge in [-0.2, -0.15) is 0 Å². The molecule has 1 N–H and O–H groups in total. The van der Waals surface area contributed by atoms with Crippen molar-refractivity contribution in [3.8, 4) is 0 Å². The van der Waals surface area contributed by atoms with E-state index in [-0.39, 0.29) is 18.4 Å². The maximum absolute atomic E-state index is 11.3. The minimum atomic E-state index is -0.280. The standard InChI is InChI=1S/C14H20N2O2.ClH/c1-15-13-7-8-16(10-13)9-11-3-5-12(6-4-11)14(17)18-2;/h3-6,13,15H,7-10H2,1-2H3;1H. The first-order chi connectivity index (χ1) is 8.72. The first-order valence-electron chi connectivity index (χ1n) is 6.30. The summed E-state index contributed by atoms with van der Waals surface area (Å²) in [5.74, 6) is -0.280. The summed E-state index contributed by atoms with van der Waals surface area (Å²) >= 11 is 0. The third kappa shape index (κ3) is 4.20. The summed E-state index contributed by atoms with van der Waals surface area (Å²) < 4.78 is 4.68. The molecule has 1 aromatic rings. The van der Waals surface area contributed by atoms with Gasteiger partial charge in [0.05, 0.1) is 12.7 Å². The van der Waals surface area contributed by atoms with E-state index < -0.39 is 0 Å². The summed E-state index contributed by atoms with van der Waals surface area (Å²) in [6.07, 6.45) is 1.21. The quantitative estimate of drug-likeness (QED) is 0.855. The number of likely N-dealkylation sites (tertiary alicyclic amines) is 1. The molecule has 1 aliphatic heterocycles. The van der Waals surface area contributed by atoms with Gasteiger partial charge in [-0.1, -0.05) is 12.1 Å². The fourth-order valence-electron chi connectivity index (χ4n) is 2.33. The van der Waals surface area contributed by atoms with Gasteiger partial charge in [0.15, 0.2) is 0 Å². The van der Waals surface area contributed by atoms with Crippen LogP contribution in [-0.4, -0.2) is 44.2 Å². The Kier molecular flexibility index (Phi) is 6.28. The highest BCUT2D eigenvalue weighted by Gasteiger charge is 2.20. The predicted molar refractivity (Wildman–Crippen MR) is 77.8 cm³/mol. The van der Waals surface area contributed by atoms with Crippen molar-refractivity contribution in [2.24, 2.45) is 0 Å². The number of ether oxygens (including phenoxy) is 1. The van der Waals surface area contributed by atoms with Gasteiger partial charge >= 0.3 is 5.97 Å². The number of carbonyl (C=O) groups excluding carboxylic acids is 1. The molecular weight excluding hydrogens is 264 g/mol. The van der Waals surface area contributed by atoms with Crippen LogP contribution in [0.5, 0.6) is 0 Å². The van der Waals surface area contributed by atoms with Gasteiger partial charge in [0, 0.05) is 25.7 Å². The maximum atomic E-state index is 11.3. The largest absolute Gasteiger partial charge is 0.465 e. The van der Waals surface area contributed by atoms with Crippen LogP contribution in [0.25, 0.3) is 0 Å². The lowest BCUT2D eigenvalue weighted by Crippen LogP contribution is -2.29. The molecule has 2 rings (SSSR count). The van der Waals surface area contributed by atoms with Crippen LogP contribution in [0.1, 0.15) is 22.3 Å². The van der Waals surface area contributed by atoms with Crippen LogP contribution in [0, 0.1) is 0 Å². The first-order valence-corrected chi connectivity index (χ1v) is 6.30. The van der Waals surface area contributed by atoms with Gasteiger partial charge in [-0.25, -0.2) is 4.79 Å². The number of hydrogen-bond donors (Lipinski definition) is 1. The zero-order chi connectivity index (χ0) is 13.0. The van der Waals surface area contributed by atoms with Crippen LogP contribution >= 0.6 is 12.4 Å². The lowest BCUT2D eigenvalue weighted by atomic mass is 10.1. The van der Waals surface area contributed by atoms with Crippen molar-refractivity contribution < 1.29 is 9.53 Å². The molecule has 1 atom stereocenters. The van der Waals surface area contributed by atoms with Crippen molar-refractivity contribution in [2.75, 3.05) is 27.2 Å². The Hall–Kier alpha value is -1.10. The molecule has 0 radical (unpaired) electrons. The smallest absolute Gasteiger partial charge is 0.337 e. The van der Waals surface area contributed by atoms with E-state index in [1.165, 1.54) is 19.1 Å². The molecular formula is C14H21ClN2O2. The van der Waals surface area contributed by atoms with E-state index >= 15 is 0 Å². The number of halogens is 1. The number of esters is 1. The molecule has 1 saturated heterocycles. The molecule has 0 aliphatic carbocycles. The zero-order valence-corrected chi connectivity index (χ0v) is 12.2. The fourth-order valence-corrected chi connectivity index (χ4v) is 2.33. The molecule has 1 aromatic carbocycles. The van der Waals surface area contributed by atoms with Crippen LogP contribution in [0.15, 0.2) is 24.3 Å². The van der Waals surface area contributed by atoms with E-state index in [1.807, 2.05) is 31.3 Å². The lowest BCUT2D eigenvalue weighted by Gasteiger charge is -2.16. The highest BCUT2D eigenvalue weighted by atomic mass is 35.5. The number of benzene rings is 1. The molecule has 1 heterocycles. The normalized spacial score (nSPS) is 18.9. The van der Waals surface area contributed by atoms with Crippen LogP contribution in [0.2, 0.25) is 0 Å². The van der Waals surface area contributed by atoms with E-state index in [4.69, 9.17) is 0 Å². The minimum Gasteiger partial charge on any atom is -0.465 e. The van der Waals surface area contributed by atoms with Crippen LogP contribution < -0.4 is 5.32 Å². The lowest BCUT2D eigenvalue weighted by molar-refractivity contribution is 0.0600. The molecule has 0 amide bonds. The number of carbonyl (C=O) groups is 1. The Bertz CT molecular complexity index is 408. The second-order valence-corrected chi connectivity index (χ2v) is 4.70. The molecule has 106 valence electrons. The third-order valence-electron chi connectivity index (χ3n) is 3.46. The average molecular weight is 285 g/mol. The SMILES string of the molecule is CNC1CCN(Cc2ccc(C(=O)OC)cc2)C1.Cl. The zero-order valence-electron chi connectivity index (χ0n) is 11.4. The molecule has 0 spiro atoms. The van der Waals surface area contributed by atoms with E-state index in [2.05, 4.69) is 15.0 Å². The Morgan fingerprint density at radius 1 is 1.42 bits per heavy atom. The molecule has 1 fully saturated rings. The Morgan fingerprint density at radius 2 is 2.11 bits per heavy atom. The number of rotatable bonds is 4. The molecule has 5 heteroatoms. The number of hydrogen-bond acceptors (Lipinski definition) is 4. The minimum absolute atomic E-state index is 0. The van der Waals surface area contributed by atoms with Gasteiger partial charge in [0.2, 0.25) is 0 Å². The Balaban J connectivity index is 0.00000180. The van der Waals surface area contributed by atoms with Crippen molar-refractivity contribution in [3.05, 3.63) is 35.4 Å². The van der Waals surface area contributed by atoms with Gasteiger partial charge in [-0.3, -0.25) is 4.90 Å². The average Bonchev–Trinajstić information content (AvgIpc) is 2.86. The summed E-state index contributed by atoms with van der Waals surface area (Å²) in [6.45, 7) is 3.17. The topological polar surface area (TPSA) is 41.6 Å². The molecule has 19 heavy (non-hydrogen) atoms. The second-order valence-electron chi connectivity index (χ2n) is 4.70. The first kappa shape index (κ1) is 16.0. The highest BCUT2D eigenvalue weighted by Crippen LogP contribution is 2.14. The van der Waals surface area contributed by atoms with Crippen LogP contribution in [0.3, 0.4) is 0 Å². The second kappa shape index (κ2) is 7.48. The molecule has 0 saturated carbocycles. The summed E-state index contributed by atoms with van der Waals surface area (Å²) in [7, 11) is 3.41. The van der Waals surface area contributed by atoms with Crippen molar-refractivity contribution in [1.29, 1.82) is 0 Å². The maximum Gasteiger partial charge on any atom is 0.337 e. The Labute approximate surface area is 120 Å². The molecule has 1 unspecified atom stereocenters. The number of nitrogens with one attached hydrogen (secondary N) is 1. The van der Waals surface area contributed by atoms with Crippen molar-refractivity contribution in [3.63, 3.8) is 0 Å². The van der Waals surface area contributed by atoms with Crippen LogP contribution in [0.4, 0.5) is 0 Å². The predicted octanol–water partition coefficient (Wildman–Crippen LogP) is 1.69. The van der Waals surface area contributed by atoms with Gasteiger partial charge in [0.1, 0.15) is 0 Å². The van der Waals surface area contributed by atoms with E-state index in [0.717, 1.165) is 19.6 Å². The highest BCUT2D eigenvalue weighted by molar-refractivity contribution is 5.89. The number of nitrogens with zero attached hydrogens (tertiary/aromatic N) is 1. The summed E-state index contributed by atoms with van der Waals surface area (Å²) in [5, 5.41) is 3.31. The number of methoxy groups -OCH3 is 1. The molecule has 0 aromatic heterocycles. The summed E-state index contributed by atoms with van der Waals surface area (Å²) in [5.41, 5.74) is 1.84. The van der Waals surface area contributed by atoms with Crippen LogP contribution in [-0.2, 0) is 11.3 Å². The molecule has 4 nitrogen and oxygen atoms in total. The van der Waals surface area contributed by atoms with Gasteiger partial charge < -0.3 is 10.1 Å². The van der Waals surface area contributed by atoms with E-state index in [9.17, 15) is 4.79 Å². The van der Waals surface area contributed by atoms with Gasteiger partial charge in [-0.15, -0.1) is 12.4 Å². The van der Waals surface area contributed by atoms with Gasteiger partial charge in [-0.05, 0) is 31.2 Å². The van der Waals surface area contributed by atoms with Crippen molar-refractivity contribution >= 4 is 18.4 Å². The monoisotopic (exact) mass is 284 g/mol. The van der Waals surface area contributed by atoms with E-state index in [0.29, 0.717) is 11.6 Å². The molecule has 1 aliphatic rings. The fraction of sp³-hybridized carbons (Fsp3) is 0.500. The van der Waals surface area contributed by atoms with Crippen molar-refractivity contribution in [2.45, 2.75) is 19.0 Å². The van der Waals surface area contributed by atoms with Crippen molar-refractivity contribution in [1.82, 2.24) is 10.2 Å². The molecule has 0 bridgehead atoms. The summed E-state index contributed by atoms with van der Waals surface area (Å²) in [4.78, 5) is 13.7. The van der Waals surface area contributed by atoms with E-state index in [1.54, 1.807) is 0 Å².